The van der Waals surface area contributed by atoms with Crippen LogP contribution >= 0.6 is 0 Å². The zero-order chi connectivity index (χ0) is 17.4. The normalized spacial score (nSPS) is 20.3. The fraction of sp³-hybridized carbons (Fsp3) is 0.529. The summed E-state index contributed by atoms with van der Waals surface area (Å²) in [6, 6.07) is 6.29. The smallest absolute Gasteiger partial charge is 0.314 e. The van der Waals surface area contributed by atoms with Crippen LogP contribution in [0, 0.1) is 0 Å². The van der Waals surface area contributed by atoms with Gasteiger partial charge in [-0.15, -0.1) is 0 Å². The van der Waals surface area contributed by atoms with E-state index in [1.54, 1.807) is 12.1 Å². The van der Waals surface area contributed by atoms with Crippen LogP contribution in [0.5, 0.6) is 0 Å². The van der Waals surface area contributed by atoms with Crippen molar-refractivity contribution >= 4 is 21.9 Å². The van der Waals surface area contributed by atoms with Gasteiger partial charge in [-0.25, -0.2) is 13.1 Å². The second-order valence-electron chi connectivity index (χ2n) is 6.70. The maximum Gasteiger partial charge on any atom is 0.314 e. The first kappa shape index (κ1) is 17.0. The second kappa shape index (κ2) is 6.20. The molecule has 0 saturated heterocycles. The Morgan fingerprint density at radius 3 is 2.12 bits per heavy atom. The van der Waals surface area contributed by atoms with Crippen molar-refractivity contribution in [2.45, 2.75) is 55.6 Å². The molecule has 2 fully saturated rings. The Bertz CT molecular complexity index is 744. The minimum atomic E-state index is -3.58. The highest BCUT2D eigenvalue weighted by Crippen LogP contribution is 2.39. The van der Waals surface area contributed by atoms with Gasteiger partial charge in [0.15, 0.2) is 0 Å². The summed E-state index contributed by atoms with van der Waals surface area (Å²) in [7, 11) is -3.58. The third kappa shape index (κ3) is 3.17. The number of nitrogens with one attached hydrogen (secondary N) is 1. The number of rotatable bonds is 5. The van der Waals surface area contributed by atoms with E-state index < -0.39 is 32.6 Å². The molecule has 1 aromatic rings. The van der Waals surface area contributed by atoms with Gasteiger partial charge in [0.2, 0.25) is 10.0 Å². The number of aliphatic carboxylic acids is 1. The van der Waals surface area contributed by atoms with Crippen LogP contribution in [-0.2, 0) is 20.2 Å². The van der Waals surface area contributed by atoms with Gasteiger partial charge in [-0.05, 0) is 43.4 Å². The predicted octanol–water partition coefficient (Wildman–Crippen LogP) is 2.20. The number of sulfonamides is 1. The quantitative estimate of drug-likeness (QED) is 0.847. The summed E-state index contributed by atoms with van der Waals surface area (Å²) < 4.78 is 25.7. The van der Waals surface area contributed by atoms with Crippen molar-refractivity contribution in [1.29, 1.82) is 0 Å². The van der Waals surface area contributed by atoms with Gasteiger partial charge in [0, 0.05) is 5.56 Å². The lowest BCUT2D eigenvalue weighted by molar-refractivity contribution is -0.145. The Kier molecular flexibility index (Phi) is 4.38. The molecule has 2 aliphatic carbocycles. The fourth-order valence-corrected chi connectivity index (χ4v) is 4.67. The Morgan fingerprint density at radius 1 is 1.04 bits per heavy atom. The van der Waals surface area contributed by atoms with E-state index in [1.807, 2.05) is 0 Å². The zero-order valence-electron chi connectivity index (χ0n) is 13.3. The highest BCUT2D eigenvalue weighted by atomic mass is 32.2. The van der Waals surface area contributed by atoms with Crippen molar-refractivity contribution in [2.24, 2.45) is 0 Å². The van der Waals surface area contributed by atoms with Crippen LogP contribution in [-0.4, -0.2) is 30.7 Å². The summed E-state index contributed by atoms with van der Waals surface area (Å²) >= 11 is 0. The number of carbonyl (C=O) groups excluding carboxylic acids is 1. The molecule has 6 nitrogen and oxygen atoms in total. The average molecular weight is 351 g/mol. The Balaban J connectivity index is 1.79. The van der Waals surface area contributed by atoms with Crippen LogP contribution in [0.2, 0.25) is 0 Å². The van der Waals surface area contributed by atoms with E-state index >= 15 is 0 Å². The third-order valence-electron chi connectivity index (χ3n) is 5.01. The summed E-state index contributed by atoms with van der Waals surface area (Å²) in [5, 5.41) is 9.22. The van der Waals surface area contributed by atoms with Gasteiger partial charge in [0.25, 0.3) is 5.91 Å². The maximum absolute atomic E-state index is 12.1. The molecule has 0 heterocycles. The Morgan fingerprint density at radius 2 is 1.62 bits per heavy atom. The van der Waals surface area contributed by atoms with E-state index in [4.69, 9.17) is 0 Å². The average Bonchev–Trinajstić information content (AvgIpc) is 3.40. The standard InChI is InChI=1S/C17H21NO5S/c19-15(18-24(22,23)14-8-9-14)12-4-6-13(7-5-12)17(16(20)21)10-2-1-3-11-17/h4-7,14H,1-3,8-11H2,(H,18,19)(H,20,21). The van der Waals surface area contributed by atoms with Gasteiger partial charge in [0.05, 0.1) is 10.7 Å². The van der Waals surface area contributed by atoms with Crippen LogP contribution in [0.25, 0.3) is 0 Å². The summed E-state index contributed by atoms with van der Waals surface area (Å²) in [5.74, 6) is -1.50. The molecule has 0 unspecified atom stereocenters. The summed E-state index contributed by atoms with van der Waals surface area (Å²) in [5.41, 5.74) is 0.00323. The van der Waals surface area contributed by atoms with Crippen molar-refractivity contribution < 1.29 is 23.1 Å². The number of benzene rings is 1. The third-order valence-corrected chi connectivity index (χ3v) is 6.83. The van der Waals surface area contributed by atoms with Crippen LogP contribution in [0.4, 0.5) is 0 Å². The molecular weight excluding hydrogens is 330 g/mol. The molecule has 0 radical (unpaired) electrons. The number of amides is 1. The molecule has 0 bridgehead atoms. The molecule has 3 rings (SSSR count). The summed E-state index contributed by atoms with van der Waals surface area (Å²) in [6.45, 7) is 0. The first-order valence-electron chi connectivity index (χ1n) is 8.25. The Labute approximate surface area is 141 Å². The van der Waals surface area contributed by atoms with Gasteiger partial charge >= 0.3 is 5.97 Å². The molecule has 2 saturated carbocycles. The molecule has 2 aliphatic rings. The molecule has 2 N–H and O–H groups in total. The van der Waals surface area contributed by atoms with E-state index in [9.17, 15) is 23.1 Å². The lowest BCUT2D eigenvalue weighted by atomic mass is 9.69. The second-order valence-corrected chi connectivity index (χ2v) is 8.66. The van der Waals surface area contributed by atoms with E-state index in [1.165, 1.54) is 12.1 Å². The van der Waals surface area contributed by atoms with E-state index in [-0.39, 0.29) is 5.56 Å². The highest BCUT2D eigenvalue weighted by molar-refractivity contribution is 7.91. The minimum absolute atomic E-state index is 0.222. The van der Waals surface area contributed by atoms with Gasteiger partial charge in [-0.2, -0.15) is 0 Å². The molecule has 7 heteroatoms. The zero-order valence-corrected chi connectivity index (χ0v) is 14.1. The molecule has 1 aromatic carbocycles. The van der Waals surface area contributed by atoms with Gasteiger partial charge in [0.1, 0.15) is 0 Å². The highest BCUT2D eigenvalue weighted by Gasteiger charge is 2.41. The van der Waals surface area contributed by atoms with Crippen LogP contribution in [0.15, 0.2) is 24.3 Å². The predicted molar refractivity (Wildman–Crippen MR) is 88.2 cm³/mol. The topological polar surface area (TPSA) is 101 Å². The number of carboxylic acid groups (broad SMARTS) is 1. The molecule has 0 aromatic heterocycles. The molecule has 1 amide bonds. The summed E-state index contributed by atoms with van der Waals surface area (Å²) in [6.07, 6.45) is 5.12. The minimum Gasteiger partial charge on any atom is -0.481 e. The molecule has 0 atom stereocenters. The number of carbonyl (C=O) groups is 2. The molecule has 24 heavy (non-hydrogen) atoms. The van der Waals surface area contributed by atoms with Crippen LogP contribution in [0.1, 0.15) is 60.9 Å². The fourth-order valence-electron chi connectivity index (χ4n) is 3.37. The van der Waals surface area contributed by atoms with Gasteiger partial charge in [-0.3, -0.25) is 9.59 Å². The van der Waals surface area contributed by atoms with E-state index in [2.05, 4.69) is 4.72 Å². The molecular formula is C17H21NO5S. The van der Waals surface area contributed by atoms with Crippen molar-refractivity contribution in [3.05, 3.63) is 35.4 Å². The maximum atomic E-state index is 12.1. The Hall–Kier alpha value is -1.89. The van der Waals surface area contributed by atoms with E-state index in [0.717, 1.165) is 19.3 Å². The molecule has 130 valence electrons. The van der Waals surface area contributed by atoms with Crippen molar-refractivity contribution in [1.82, 2.24) is 4.72 Å². The van der Waals surface area contributed by atoms with Crippen LogP contribution in [0.3, 0.4) is 0 Å². The van der Waals surface area contributed by atoms with Gasteiger partial charge < -0.3 is 5.11 Å². The molecule has 0 aliphatic heterocycles. The number of carboxylic acids is 1. The summed E-state index contributed by atoms with van der Waals surface area (Å²) in [4.78, 5) is 23.9. The first-order valence-corrected chi connectivity index (χ1v) is 9.80. The number of hydrogen-bond donors (Lipinski definition) is 2. The SMILES string of the molecule is O=C(NS(=O)(=O)C1CC1)c1ccc(C2(C(=O)O)CCCCC2)cc1. The first-order chi connectivity index (χ1) is 11.3. The lowest BCUT2D eigenvalue weighted by Crippen LogP contribution is -2.38. The van der Waals surface area contributed by atoms with Crippen LogP contribution < -0.4 is 4.72 Å². The van der Waals surface area contributed by atoms with Crippen molar-refractivity contribution in [3.8, 4) is 0 Å². The number of hydrogen-bond acceptors (Lipinski definition) is 4. The lowest BCUT2D eigenvalue weighted by Gasteiger charge is -2.33. The monoisotopic (exact) mass is 351 g/mol. The van der Waals surface area contributed by atoms with Crippen molar-refractivity contribution in [2.75, 3.05) is 0 Å². The van der Waals surface area contributed by atoms with Gasteiger partial charge in [-0.1, -0.05) is 31.4 Å². The van der Waals surface area contributed by atoms with Crippen molar-refractivity contribution in [3.63, 3.8) is 0 Å². The van der Waals surface area contributed by atoms with E-state index in [0.29, 0.717) is 31.2 Å². The molecule has 0 spiro atoms. The largest absolute Gasteiger partial charge is 0.481 e.